The van der Waals surface area contributed by atoms with Crippen LogP contribution in [0.5, 0.6) is 0 Å². The van der Waals surface area contributed by atoms with Gasteiger partial charge in [-0.05, 0) is 6.92 Å². The molecule has 8 nitrogen and oxygen atoms in total. The van der Waals surface area contributed by atoms with E-state index in [4.69, 9.17) is 10.2 Å². The summed E-state index contributed by atoms with van der Waals surface area (Å²) in [6, 6.07) is -1.86. The van der Waals surface area contributed by atoms with E-state index in [1.165, 1.54) is 0 Å². The highest BCUT2D eigenvalue weighted by atomic mass is 32.2. The zero-order valence-corrected chi connectivity index (χ0v) is 9.47. The summed E-state index contributed by atoms with van der Waals surface area (Å²) in [5.41, 5.74) is 0. The average molecular weight is 263 g/mol. The summed E-state index contributed by atoms with van der Waals surface area (Å²) in [6.07, 6.45) is -0.352. The van der Waals surface area contributed by atoms with Crippen LogP contribution < -0.4 is 0 Å². The third-order valence-corrected chi connectivity index (χ3v) is 6.05. The number of carbonyl (C=O) groups excluding carboxylic acids is 1. The molecule has 0 aliphatic carbocycles. The maximum Gasteiger partial charge on any atom is 0.328 e. The normalized spacial score (nSPS) is 38.4. The van der Waals surface area contributed by atoms with Gasteiger partial charge in [0.2, 0.25) is 5.91 Å². The molecule has 2 heterocycles. The number of carboxylic acids is 2. The number of fused-ring (bicyclic) bond motifs is 1. The Morgan fingerprint density at radius 3 is 2.29 bits per heavy atom. The van der Waals surface area contributed by atoms with Crippen molar-refractivity contribution in [1.29, 1.82) is 0 Å². The first-order valence-electron chi connectivity index (χ1n) is 4.66. The molecule has 0 spiro atoms. The molecule has 2 fully saturated rings. The fourth-order valence-corrected chi connectivity index (χ4v) is 4.50. The van der Waals surface area contributed by atoms with Crippen molar-refractivity contribution in [2.45, 2.75) is 29.5 Å². The van der Waals surface area contributed by atoms with Crippen molar-refractivity contribution in [3.8, 4) is 0 Å². The van der Waals surface area contributed by atoms with Crippen LogP contribution in [0, 0.1) is 0 Å². The fraction of sp³-hybridized carbons (Fsp3) is 0.625. The van der Waals surface area contributed by atoms with E-state index < -0.39 is 43.8 Å². The van der Waals surface area contributed by atoms with Crippen molar-refractivity contribution in [1.82, 2.24) is 4.90 Å². The summed E-state index contributed by atoms with van der Waals surface area (Å²) < 4.78 is 21.4. The second-order valence-corrected chi connectivity index (χ2v) is 6.64. The highest BCUT2D eigenvalue weighted by molar-refractivity contribution is 7.94. The highest BCUT2D eigenvalue weighted by Crippen LogP contribution is 2.46. The van der Waals surface area contributed by atoms with Crippen LogP contribution in [0.1, 0.15) is 13.3 Å². The molecule has 9 heteroatoms. The van der Waals surface area contributed by atoms with Crippen LogP contribution in [0.4, 0.5) is 0 Å². The molecule has 1 unspecified atom stereocenters. The van der Waals surface area contributed by atoms with Gasteiger partial charge in [0.05, 0.1) is 6.42 Å². The van der Waals surface area contributed by atoms with Crippen LogP contribution in [0.2, 0.25) is 0 Å². The Kier molecular flexibility index (Phi) is 2.07. The maximum atomic E-state index is 11.9. The van der Waals surface area contributed by atoms with Crippen LogP contribution in [0.25, 0.3) is 0 Å². The Morgan fingerprint density at radius 2 is 1.94 bits per heavy atom. The van der Waals surface area contributed by atoms with Crippen LogP contribution in [-0.2, 0) is 24.2 Å². The Balaban J connectivity index is 2.67. The molecular formula is C8H9NO7S. The molecule has 0 radical (unpaired) electrons. The van der Waals surface area contributed by atoms with Crippen LogP contribution >= 0.6 is 0 Å². The predicted molar refractivity (Wildman–Crippen MR) is 51.6 cm³/mol. The zero-order valence-electron chi connectivity index (χ0n) is 8.65. The fourth-order valence-electron chi connectivity index (χ4n) is 2.27. The lowest BCUT2D eigenvalue weighted by atomic mass is 9.97. The third-order valence-electron chi connectivity index (χ3n) is 3.36. The van der Waals surface area contributed by atoms with Gasteiger partial charge >= 0.3 is 11.9 Å². The SMILES string of the molecule is C[C@]1(C(=O)O)[C@H](C(=O)O)N2C(=O)CC2S1(=O)=O. The van der Waals surface area contributed by atoms with Gasteiger partial charge in [0.15, 0.2) is 20.6 Å². The minimum atomic E-state index is -4.23. The van der Waals surface area contributed by atoms with Gasteiger partial charge in [-0.3, -0.25) is 9.59 Å². The lowest BCUT2D eigenvalue weighted by Crippen LogP contribution is -2.58. The van der Waals surface area contributed by atoms with E-state index in [2.05, 4.69) is 0 Å². The summed E-state index contributed by atoms with van der Waals surface area (Å²) in [7, 11) is -4.23. The molecule has 0 aromatic carbocycles. The van der Waals surface area contributed by atoms with Crippen molar-refractivity contribution in [3.05, 3.63) is 0 Å². The average Bonchev–Trinajstić information content (AvgIpc) is 2.33. The summed E-state index contributed by atoms with van der Waals surface area (Å²) in [6.45, 7) is 0.828. The second-order valence-electron chi connectivity index (χ2n) is 4.16. The van der Waals surface area contributed by atoms with Crippen molar-refractivity contribution >= 4 is 27.7 Å². The zero-order chi connectivity index (χ0) is 13.2. The maximum absolute atomic E-state index is 11.9. The van der Waals surface area contributed by atoms with Crippen LogP contribution in [0.3, 0.4) is 0 Å². The van der Waals surface area contributed by atoms with E-state index in [1.807, 2.05) is 0 Å². The molecule has 0 aromatic heterocycles. The van der Waals surface area contributed by atoms with Crippen molar-refractivity contribution in [2.75, 3.05) is 0 Å². The number of hydrogen-bond acceptors (Lipinski definition) is 5. The topological polar surface area (TPSA) is 129 Å². The molecule has 2 rings (SSSR count). The Hall–Kier alpha value is -1.64. The lowest BCUT2D eigenvalue weighted by molar-refractivity contribution is -0.160. The van der Waals surface area contributed by atoms with E-state index >= 15 is 0 Å². The number of nitrogens with zero attached hydrogens (tertiary/aromatic N) is 1. The van der Waals surface area contributed by atoms with E-state index in [0.29, 0.717) is 4.90 Å². The van der Waals surface area contributed by atoms with Crippen molar-refractivity contribution in [2.24, 2.45) is 0 Å². The van der Waals surface area contributed by atoms with Crippen molar-refractivity contribution in [3.63, 3.8) is 0 Å². The molecule has 2 N–H and O–H groups in total. The molecule has 0 aromatic rings. The number of aliphatic carboxylic acids is 2. The van der Waals surface area contributed by atoms with Gasteiger partial charge in [-0.25, -0.2) is 13.2 Å². The van der Waals surface area contributed by atoms with Gasteiger partial charge in [-0.1, -0.05) is 0 Å². The minimum Gasteiger partial charge on any atom is -0.480 e. The first kappa shape index (κ1) is 11.8. The number of β-lactam (4-membered cyclic amide) rings is 1. The van der Waals surface area contributed by atoms with E-state index in [-0.39, 0.29) is 6.42 Å². The minimum absolute atomic E-state index is 0.352. The molecule has 2 aliphatic rings. The molecule has 3 atom stereocenters. The molecule has 0 bridgehead atoms. The number of sulfone groups is 1. The van der Waals surface area contributed by atoms with Gasteiger partial charge in [0.1, 0.15) is 5.37 Å². The molecule has 17 heavy (non-hydrogen) atoms. The lowest BCUT2D eigenvalue weighted by Gasteiger charge is -2.35. The first-order valence-corrected chi connectivity index (χ1v) is 6.21. The second kappa shape index (κ2) is 2.97. The van der Waals surface area contributed by atoms with Gasteiger partial charge in [-0.2, -0.15) is 0 Å². The predicted octanol–water partition coefficient (Wildman–Crippen LogP) is -1.73. The molecule has 1 amide bonds. The quantitative estimate of drug-likeness (QED) is 0.566. The number of amides is 1. The summed E-state index contributed by atoms with van der Waals surface area (Å²) in [5, 5.41) is 16.6. The van der Waals surface area contributed by atoms with Gasteiger partial charge < -0.3 is 15.1 Å². The van der Waals surface area contributed by atoms with Crippen molar-refractivity contribution < 1.29 is 33.0 Å². The third kappa shape index (κ3) is 1.07. The first-order chi connectivity index (χ1) is 7.65. The molecule has 2 saturated heterocycles. The monoisotopic (exact) mass is 263 g/mol. The Bertz CT molecular complexity index is 538. The number of carboxylic acid groups (broad SMARTS) is 2. The number of carbonyl (C=O) groups is 3. The Labute approximate surface area is 95.7 Å². The van der Waals surface area contributed by atoms with Crippen LogP contribution in [-0.4, -0.2) is 57.5 Å². The largest absolute Gasteiger partial charge is 0.480 e. The molecule has 94 valence electrons. The van der Waals surface area contributed by atoms with Gasteiger partial charge in [0, 0.05) is 0 Å². The van der Waals surface area contributed by atoms with E-state index in [9.17, 15) is 22.8 Å². The molecular weight excluding hydrogens is 254 g/mol. The standard InChI is InChI=1S/C8H9NO7S/c1-8(7(13)14)5(6(11)12)9-3(10)2-4(9)17(8,15)16/h4-5H,2H2,1H3,(H,11,12)(H,13,14)/t4?,5-,8+/m0/s1. The highest BCUT2D eigenvalue weighted by Gasteiger charge is 2.73. The van der Waals surface area contributed by atoms with Crippen LogP contribution in [0.15, 0.2) is 0 Å². The number of rotatable bonds is 2. The van der Waals surface area contributed by atoms with Gasteiger partial charge in [-0.15, -0.1) is 0 Å². The smallest absolute Gasteiger partial charge is 0.328 e. The summed E-state index contributed by atoms with van der Waals surface area (Å²) in [4.78, 5) is 34.0. The van der Waals surface area contributed by atoms with E-state index in [0.717, 1.165) is 6.92 Å². The molecule has 0 saturated carbocycles. The summed E-state index contributed by atoms with van der Waals surface area (Å²) >= 11 is 0. The van der Waals surface area contributed by atoms with Gasteiger partial charge in [0.25, 0.3) is 0 Å². The summed E-state index contributed by atoms with van der Waals surface area (Å²) in [5.74, 6) is -4.04. The van der Waals surface area contributed by atoms with E-state index in [1.54, 1.807) is 0 Å². The molecule has 2 aliphatic heterocycles. The number of hydrogen-bond donors (Lipinski definition) is 2. The Morgan fingerprint density at radius 1 is 1.41 bits per heavy atom.